The Hall–Kier alpha value is -2.40. The quantitative estimate of drug-likeness (QED) is 0.367. The summed E-state index contributed by atoms with van der Waals surface area (Å²) in [4.78, 5) is 18.4. The van der Waals surface area contributed by atoms with Crippen molar-refractivity contribution in [3.63, 3.8) is 0 Å². The van der Waals surface area contributed by atoms with Gasteiger partial charge in [0.2, 0.25) is 5.95 Å². The monoisotopic (exact) mass is 472 g/mol. The third-order valence-electron chi connectivity index (χ3n) is 6.50. The summed E-state index contributed by atoms with van der Waals surface area (Å²) in [5.41, 5.74) is 2.29. The first kappa shape index (κ1) is 23.7. The molecular weight excluding hydrogens is 440 g/mol. The zero-order valence-electron chi connectivity index (χ0n) is 19.6. The van der Waals surface area contributed by atoms with Gasteiger partial charge in [0.15, 0.2) is 0 Å². The summed E-state index contributed by atoms with van der Waals surface area (Å²) in [6.07, 6.45) is 1.87. The fourth-order valence-electron chi connectivity index (χ4n) is 3.92. The molecule has 5 N–H and O–H groups in total. The van der Waals surface area contributed by atoms with Gasteiger partial charge >= 0.3 is 0 Å². The van der Waals surface area contributed by atoms with Crippen molar-refractivity contribution < 1.29 is 15.3 Å². The van der Waals surface area contributed by atoms with Crippen LogP contribution in [-0.4, -0.2) is 66.2 Å². The fraction of sp³-hybridized carbons (Fsp3) is 0.565. The van der Waals surface area contributed by atoms with E-state index in [1.54, 1.807) is 12.4 Å². The lowest BCUT2D eigenvalue weighted by atomic mass is 9.88. The van der Waals surface area contributed by atoms with E-state index >= 15 is 0 Å². The third kappa shape index (κ3) is 4.79. The van der Waals surface area contributed by atoms with Crippen molar-refractivity contribution in [2.24, 2.45) is 11.3 Å². The number of aromatic nitrogens is 4. The summed E-state index contributed by atoms with van der Waals surface area (Å²) in [6.45, 7) is 10.2. The first-order chi connectivity index (χ1) is 15.6. The number of hydrogen-bond donors (Lipinski definition) is 5. The highest BCUT2D eigenvalue weighted by Gasteiger charge is 2.41. The van der Waals surface area contributed by atoms with Gasteiger partial charge in [-0.2, -0.15) is 4.98 Å². The molecule has 0 bridgehead atoms. The number of rotatable bonds is 6. The van der Waals surface area contributed by atoms with E-state index in [0.29, 0.717) is 18.2 Å². The summed E-state index contributed by atoms with van der Waals surface area (Å²) in [5, 5.41) is 37.9. The number of fused-ring (bicyclic) bond motifs is 1. The van der Waals surface area contributed by atoms with Gasteiger partial charge in [0.25, 0.3) is 0 Å². The molecule has 3 heterocycles. The molecule has 0 radical (unpaired) electrons. The Balaban J connectivity index is 1.76. The first-order valence-electron chi connectivity index (χ1n) is 11.2. The molecular formula is C23H32N6O3S. The Bertz CT molecular complexity index is 1100. The predicted octanol–water partition coefficient (Wildman–Crippen LogP) is 2.82. The van der Waals surface area contributed by atoms with Crippen LogP contribution in [0.15, 0.2) is 18.5 Å². The van der Waals surface area contributed by atoms with Gasteiger partial charge in [-0.25, -0.2) is 9.97 Å². The highest BCUT2D eigenvalue weighted by molar-refractivity contribution is 7.21. The molecule has 0 amide bonds. The maximum absolute atomic E-state index is 10.6. The van der Waals surface area contributed by atoms with E-state index in [1.165, 1.54) is 11.3 Å². The van der Waals surface area contributed by atoms with Crippen molar-refractivity contribution in [3.05, 3.63) is 24.2 Å². The van der Waals surface area contributed by atoms with Gasteiger partial charge in [-0.05, 0) is 31.7 Å². The molecule has 0 saturated heterocycles. The zero-order chi connectivity index (χ0) is 23.9. The number of thiazole rings is 1. The average Bonchev–Trinajstić information content (AvgIpc) is 3.28. The van der Waals surface area contributed by atoms with E-state index in [4.69, 9.17) is 15.0 Å². The van der Waals surface area contributed by atoms with Crippen LogP contribution in [0.2, 0.25) is 0 Å². The number of hydrogen-bond acceptors (Lipinski definition) is 10. The number of aliphatic hydroxyl groups is 3. The number of aryl methyl sites for hydroxylation is 1. The van der Waals surface area contributed by atoms with Crippen LogP contribution in [0, 0.1) is 18.3 Å². The highest BCUT2D eigenvalue weighted by Crippen LogP contribution is 2.38. The second-order valence-electron chi connectivity index (χ2n) is 9.86. The van der Waals surface area contributed by atoms with Gasteiger partial charge in [0.05, 0.1) is 34.3 Å². The summed E-state index contributed by atoms with van der Waals surface area (Å²) < 4.78 is 1.01. The maximum atomic E-state index is 10.6. The summed E-state index contributed by atoms with van der Waals surface area (Å²) >= 11 is 1.52. The molecule has 1 aliphatic carbocycles. The van der Waals surface area contributed by atoms with Gasteiger partial charge < -0.3 is 26.0 Å². The van der Waals surface area contributed by atoms with Crippen LogP contribution in [0.5, 0.6) is 0 Å². The molecule has 3 aromatic heterocycles. The first-order valence-corrected chi connectivity index (χ1v) is 12.0. The minimum Gasteiger partial charge on any atom is -0.396 e. The van der Waals surface area contributed by atoms with Crippen molar-refractivity contribution >= 4 is 33.3 Å². The standard InChI is InChI=1S/C23H32N6O3S/c1-11-17(21-28-15-9-24-7-6-16(15)33-21)20(27-14-8-13(10-30)18(31)19(14)32)29-22(25-11)26-12(2)23(3,4)5/h6-7,9,12-14,18-19,30-32H,8,10H2,1-5H3,(H2,25,26,27,29)/t12-,13-,14-,18-,19+/m1/s1. The molecule has 4 rings (SSSR count). The predicted molar refractivity (Wildman–Crippen MR) is 130 cm³/mol. The van der Waals surface area contributed by atoms with E-state index in [1.807, 2.05) is 13.0 Å². The Kier molecular flexibility index (Phi) is 6.54. The Morgan fingerprint density at radius 2 is 1.94 bits per heavy atom. The lowest BCUT2D eigenvalue weighted by molar-refractivity contribution is 0.00446. The maximum Gasteiger partial charge on any atom is 0.225 e. The third-order valence-corrected chi connectivity index (χ3v) is 7.55. The molecule has 10 heteroatoms. The molecule has 9 nitrogen and oxygen atoms in total. The van der Waals surface area contributed by atoms with Crippen LogP contribution < -0.4 is 10.6 Å². The van der Waals surface area contributed by atoms with Crippen molar-refractivity contribution in [3.8, 4) is 10.6 Å². The lowest BCUT2D eigenvalue weighted by Crippen LogP contribution is -2.36. The summed E-state index contributed by atoms with van der Waals surface area (Å²) in [5.74, 6) is 0.625. The fourth-order valence-corrected chi connectivity index (χ4v) is 4.95. The molecule has 0 unspecified atom stereocenters. The molecule has 3 aromatic rings. The average molecular weight is 473 g/mol. The molecule has 1 fully saturated rings. The molecule has 0 spiro atoms. The highest BCUT2D eigenvalue weighted by atomic mass is 32.1. The van der Waals surface area contributed by atoms with Crippen molar-refractivity contribution in [1.82, 2.24) is 19.9 Å². The Morgan fingerprint density at radius 1 is 1.18 bits per heavy atom. The largest absolute Gasteiger partial charge is 0.396 e. The van der Waals surface area contributed by atoms with Crippen LogP contribution in [-0.2, 0) is 0 Å². The molecule has 0 aliphatic heterocycles. The SMILES string of the molecule is Cc1nc(N[C@H](C)C(C)(C)C)nc(N[C@@H]2C[C@H](CO)[C@@H](O)[C@H]2O)c1-c1nc2cnccc2s1. The van der Waals surface area contributed by atoms with E-state index < -0.39 is 24.2 Å². The molecule has 1 aliphatic rings. The van der Waals surface area contributed by atoms with Gasteiger partial charge in [-0.15, -0.1) is 11.3 Å². The second kappa shape index (κ2) is 9.09. The van der Waals surface area contributed by atoms with Crippen LogP contribution in [0.1, 0.15) is 39.8 Å². The van der Waals surface area contributed by atoms with E-state index in [9.17, 15) is 15.3 Å². The summed E-state index contributed by atoms with van der Waals surface area (Å²) in [6, 6.07) is 1.57. The zero-order valence-corrected chi connectivity index (χ0v) is 20.4. The number of aliphatic hydroxyl groups excluding tert-OH is 3. The molecule has 33 heavy (non-hydrogen) atoms. The van der Waals surface area contributed by atoms with Crippen molar-refractivity contribution in [2.75, 3.05) is 17.2 Å². The van der Waals surface area contributed by atoms with Crippen LogP contribution in [0.4, 0.5) is 11.8 Å². The van der Waals surface area contributed by atoms with Gasteiger partial charge in [-0.3, -0.25) is 4.98 Å². The number of anilines is 2. The van der Waals surface area contributed by atoms with Crippen LogP contribution in [0.3, 0.4) is 0 Å². The van der Waals surface area contributed by atoms with E-state index in [0.717, 1.165) is 26.5 Å². The van der Waals surface area contributed by atoms with Gasteiger partial charge in [-0.1, -0.05) is 20.8 Å². The number of pyridine rings is 1. The number of nitrogens with zero attached hydrogens (tertiary/aromatic N) is 4. The normalized spacial score (nSPS) is 24.2. The summed E-state index contributed by atoms with van der Waals surface area (Å²) in [7, 11) is 0. The van der Waals surface area contributed by atoms with Crippen molar-refractivity contribution in [2.45, 2.75) is 65.3 Å². The molecule has 178 valence electrons. The Morgan fingerprint density at radius 3 is 2.58 bits per heavy atom. The second-order valence-corrected chi connectivity index (χ2v) is 10.9. The van der Waals surface area contributed by atoms with E-state index in [2.05, 4.69) is 43.3 Å². The molecule has 1 saturated carbocycles. The van der Waals surface area contributed by atoms with Crippen LogP contribution in [0.25, 0.3) is 20.8 Å². The van der Waals surface area contributed by atoms with Crippen molar-refractivity contribution in [1.29, 1.82) is 0 Å². The Labute approximate surface area is 197 Å². The minimum atomic E-state index is -1.02. The molecule has 0 aromatic carbocycles. The lowest BCUT2D eigenvalue weighted by Gasteiger charge is -2.28. The van der Waals surface area contributed by atoms with E-state index in [-0.39, 0.29) is 18.1 Å². The van der Waals surface area contributed by atoms with Gasteiger partial charge in [0.1, 0.15) is 22.4 Å². The topological polar surface area (TPSA) is 136 Å². The smallest absolute Gasteiger partial charge is 0.225 e. The van der Waals surface area contributed by atoms with Crippen LogP contribution >= 0.6 is 11.3 Å². The van der Waals surface area contributed by atoms with Gasteiger partial charge in [0, 0.05) is 24.8 Å². The molecule has 5 atom stereocenters. The number of nitrogens with one attached hydrogen (secondary N) is 2. The minimum absolute atomic E-state index is 0.00363.